The minimum atomic E-state index is -0.430. The molecule has 6 nitrogen and oxygen atoms in total. The average molecular weight is 376 g/mol. The molecule has 0 saturated heterocycles. The molecular weight excluding hydrogens is 360 g/mol. The van der Waals surface area contributed by atoms with Crippen molar-refractivity contribution in [3.63, 3.8) is 0 Å². The summed E-state index contributed by atoms with van der Waals surface area (Å²) in [4.78, 5) is 16.5. The van der Waals surface area contributed by atoms with E-state index in [2.05, 4.69) is 10.1 Å². The standard InChI is InChI=1S/C20H16N4O2S/c1-13-6-5-7-14(10-13)11-16-18(21)24-20(22-19(16)25)27-17(23-24)12-26-15-8-3-2-4-9-15/h2-11,21H,12H2,1H3/b16-11-,21-18?. The van der Waals surface area contributed by atoms with Crippen LogP contribution in [0.4, 0.5) is 0 Å². The second-order valence-corrected chi connectivity index (χ2v) is 7.07. The van der Waals surface area contributed by atoms with E-state index in [1.54, 1.807) is 6.08 Å². The smallest absolute Gasteiger partial charge is 0.283 e. The zero-order valence-corrected chi connectivity index (χ0v) is 15.4. The molecule has 27 heavy (non-hydrogen) atoms. The van der Waals surface area contributed by atoms with Crippen LogP contribution in [0.25, 0.3) is 6.08 Å². The number of benzene rings is 2. The highest BCUT2D eigenvalue weighted by Crippen LogP contribution is 2.28. The number of nitrogens with zero attached hydrogens (tertiary/aromatic N) is 3. The monoisotopic (exact) mass is 376 g/mol. The van der Waals surface area contributed by atoms with Crippen molar-refractivity contribution in [3.05, 3.63) is 71.3 Å². The second kappa shape index (κ2) is 7.20. The van der Waals surface area contributed by atoms with Gasteiger partial charge in [0.2, 0.25) is 5.17 Å². The Labute approximate surface area is 160 Å². The lowest BCUT2D eigenvalue weighted by Crippen LogP contribution is -2.35. The number of hydrazone groups is 1. The summed E-state index contributed by atoms with van der Waals surface area (Å²) >= 11 is 1.24. The summed E-state index contributed by atoms with van der Waals surface area (Å²) in [7, 11) is 0. The number of aryl methyl sites for hydroxylation is 1. The minimum absolute atomic E-state index is 0.0220. The van der Waals surface area contributed by atoms with Crippen molar-refractivity contribution in [3.8, 4) is 5.75 Å². The van der Waals surface area contributed by atoms with Gasteiger partial charge in [0, 0.05) is 0 Å². The van der Waals surface area contributed by atoms with Gasteiger partial charge in [-0.25, -0.2) is 0 Å². The Kier molecular flexibility index (Phi) is 4.60. The largest absolute Gasteiger partial charge is 0.487 e. The first kappa shape index (κ1) is 17.2. The fourth-order valence-corrected chi connectivity index (χ4v) is 3.48. The highest BCUT2D eigenvalue weighted by molar-refractivity contribution is 8.27. The van der Waals surface area contributed by atoms with Gasteiger partial charge < -0.3 is 4.74 Å². The minimum Gasteiger partial charge on any atom is -0.487 e. The topological polar surface area (TPSA) is 78.1 Å². The number of para-hydroxylation sites is 1. The summed E-state index contributed by atoms with van der Waals surface area (Å²) in [5.74, 6) is 0.327. The summed E-state index contributed by atoms with van der Waals surface area (Å²) in [6.45, 7) is 2.23. The maximum Gasteiger partial charge on any atom is 0.283 e. The lowest BCUT2D eigenvalue weighted by Gasteiger charge is -2.20. The number of ether oxygens (including phenoxy) is 1. The number of hydrogen-bond acceptors (Lipinski definition) is 5. The van der Waals surface area contributed by atoms with Crippen molar-refractivity contribution >= 4 is 39.8 Å². The summed E-state index contributed by atoms with van der Waals surface area (Å²) in [6, 6.07) is 17.2. The number of fused-ring (bicyclic) bond motifs is 1. The molecule has 0 fully saturated rings. The summed E-state index contributed by atoms with van der Waals surface area (Å²) in [6.07, 6.45) is 1.68. The van der Waals surface area contributed by atoms with Gasteiger partial charge in [-0.3, -0.25) is 10.2 Å². The van der Waals surface area contributed by atoms with Crippen LogP contribution in [0, 0.1) is 12.3 Å². The van der Waals surface area contributed by atoms with Gasteiger partial charge >= 0.3 is 0 Å². The molecule has 1 amide bonds. The number of rotatable bonds is 4. The Balaban J connectivity index is 1.54. The molecule has 0 saturated carbocycles. The number of aliphatic imine (C=N–C) groups is 1. The molecule has 0 aliphatic carbocycles. The normalized spacial score (nSPS) is 17.7. The zero-order valence-electron chi connectivity index (χ0n) is 14.5. The Morgan fingerprint density at radius 2 is 2.00 bits per heavy atom. The van der Waals surface area contributed by atoms with Crippen molar-refractivity contribution in [1.29, 1.82) is 5.41 Å². The summed E-state index contributed by atoms with van der Waals surface area (Å²) in [5.41, 5.74) is 2.16. The average Bonchev–Trinajstić information content (AvgIpc) is 3.07. The number of hydrogen-bond donors (Lipinski definition) is 1. The molecule has 0 bridgehead atoms. The van der Waals surface area contributed by atoms with E-state index < -0.39 is 5.91 Å². The van der Waals surface area contributed by atoms with Crippen molar-refractivity contribution in [1.82, 2.24) is 5.01 Å². The van der Waals surface area contributed by atoms with E-state index >= 15 is 0 Å². The van der Waals surface area contributed by atoms with E-state index in [0.29, 0.717) is 10.2 Å². The molecule has 1 N–H and O–H groups in total. The molecule has 0 atom stereocenters. The van der Waals surface area contributed by atoms with Crippen molar-refractivity contribution < 1.29 is 9.53 Å². The second-order valence-electron chi connectivity index (χ2n) is 6.03. The molecule has 0 unspecified atom stereocenters. The third-order valence-corrected chi connectivity index (χ3v) is 4.84. The predicted octanol–water partition coefficient (Wildman–Crippen LogP) is 3.69. The van der Waals surface area contributed by atoms with Crippen LogP contribution in [0.2, 0.25) is 0 Å². The quantitative estimate of drug-likeness (QED) is 0.826. The Bertz CT molecular complexity index is 1010. The number of carbonyl (C=O) groups excluding carboxylic acids is 1. The highest BCUT2D eigenvalue weighted by atomic mass is 32.2. The summed E-state index contributed by atoms with van der Waals surface area (Å²) < 4.78 is 5.69. The van der Waals surface area contributed by atoms with Gasteiger partial charge in [-0.2, -0.15) is 15.1 Å². The molecule has 0 aromatic heterocycles. The Morgan fingerprint density at radius 1 is 1.19 bits per heavy atom. The first-order valence-corrected chi connectivity index (χ1v) is 9.15. The molecular formula is C20H16N4O2S. The molecule has 0 spiro atoms. The van der Waals surface area contributed by atoms with Crippen LogP contribution in [0.1, 0.15) is 11.1 Å². The molecule has 2 aliphatic heterocycles. The number of thioether (sulfide) groups is 1. The van der Waals surface area contributed by atoms with Crippen molar-refractivity contribution in [2.45, 2.75) is 6.92 Å². The zero-order chi connectivity index (χ0) is 18.8. The molecule has 134 valence electrons. The lowest BCUT2D eigenvalue weighted by molar-refractivity contribution is -0.114. The van der Waals surface area contributed by atoms with E-state index in [4.69, 9.17) is 10.1 Å². The molecule has 7 heteroatoms. The van der Waals surface area contributed by atoms with E-state index in [9.17, 15) is 4.79 Å². The van der Waals surface area contributed by atoms with Gasteiger partial charge in [0.1, 0.15) is 17.4 Å². The van der Waals surface area contributed by atoms with E-state index in [-0.39, 0.29) is 18.0 Å². The molecule has 2 heterocycles. The number of carbonyl (C=O) groups is 1. The van der Waals surface area contributed by atoms with Crippen LogP contribution < -0.4 is 4.74 Å². The third-order valence-electron chi connectivity index (χ3n) is 3.95. The molecule has 2 aromatic rings. The van der Waals surface area contributed by atoms with Gasteiger partial charge in [-0.1, -0.05) is 48.0 Å². The van der Waals surface area contributed by atoms with Gasteiger partial charge in [0.25, 0.3) is 5.91 Å². The van der Waals surface area contributed by atoms with Crippen molar-refractivity contribution in [2.24, 2.45) is 10.1 Å². The summed E-state index contributed by atoms with van der Waals surface area (Å²) in [5, 5.41) is 15.2. The van der Waals surface area contributed by atoms with Gasteiger partial charge in [0.15, 0.2) is 5.84 Å². The third kappa shape index (κ3) is 3.68. The Hall–Kier alpha value is -3.19. The lowest BCUT2D eigenvalue weighted by atomic mass is 10.1. The van der Waals surface area contributed by atoms with Crippen molar-refractivity contribution in [2.75, 3.05) is 6.61 Å². The SMILES string of the molecule is Cc1cccc(/C=C2/C(=N)N3N=C(COc4ccccc4)SC3=NC2=O)c1. The van der Waals surface area contributed by atoms with Crippen LogP contribution >= 0.6 is 11.8 Å². The molecule has 4 rings (SSSR count). The fraction of sp³-hybridized carbons (Fsp3) is 0.100. The highest BCUT2D eigenvalue weighted by Gasteiger charge is 2.35. The van der Waals surface area contributed by atoms with Gasteiger partial charge in [-0.15, -0.1) is 0 Å². The molecule has 2 aromatic carbocycles. The number of amides is 1. The van der Waals surface area contributed by atoms with Crippen LogP contribution in [0.15, 0.2) is 70.3 Å². The number of amidine groups is 2. The van der Waals surface area contributed by atoms with E-state index in [1.165, 1.54) is 16.8 Å². The first-order valence-electron chi connectivity index (χ1n) is 8.34. The van der Waals surface area contributed by atoms with Crippen LogP contribution in [0.3, 0.4) is 0 Å². The van der Waals surface area contributed by atoms with Crippen LogP contribution in [0.5, 0.6) is 5.75 Å². The first-order chi connectivity index (χ1) is 13.1. The predicted molar refractivity (Wildman–Crippen MR) is 108 cm³/mol. The molecule has 0 radical (unpaired) electrons. The van der Waals surface area contributed by atoms with E-state index in [0.717, 1.165) is 16.9 Å². The van der Waals surface area contributed by atoms with Crippen LogP contribution in [-0.2, 0) is 4.79 Å². The maximum atomic E-state index is 12.4. The van der Waals surface area contributed by atoms with E-state index in [1.807, 2.05) is 61.5 Å². The molecule has 2 aliphatic rings. The maximum absolute atomic E-state index is 12.4. The van der Waals surface area contributed by atoms with Crippen LogP contribution in [-0.4, -0.2) is 33.6 Å². The Morgan fingerprint density at radius 3 is 2.78 bits per heavy atom. The van der Waals surface area contributed by atoms with Gasteiger partial charge in [0.05, 0.1) is 5.57 Å². The number of nitrogens with one attached hydrogen (secondary N) is 1. The fourth-order valence-electron chi connectivity index (χ4n) is 2.68. The van der Waals surface area contributed by atoms with Gasteiger partial charge in [-0.05, 0) is 42.5 Å².